The lowest BCUT2D eigenvalue weighted by molar-refractivity contribution is 0.531. The Labute approximate surface area is 105 Å². The molecule has 0 aromatic rings. The predicted octanol–water partition coefficient (Wildman–Crippen LogP) is 4.94. The zero-order valence-corrected chi connectivity index (χ0v) is 12.0. The van der Waals surface area contributed by atoms with Gasteiger partial charge in [0.2, 0.25) is 0 Å². The van der Waals surface area contributed by atoms with E-state index < -0.39 is 4.33 Å². The quantitative estimate of drug-likeness (QED) is 0.509. The molecule has 1 saturated carbocycles. The fourth-order valence-electron chi connectivity index (χ4n) is 1.91. The van der Waals surface area contributed by atoms with Gasteiger partial charge in [-0.05, 0) is 19.8 Å². The Morgan fingerprint density at radius 1 is 1.43 bits per heavy atom. The maximum Gasteiger partial charge on any atom is 0.127 e. The molecular formula is C11H17BrCl2. The van der Waals surface area contributed by atoms with Gasteiger partial charge in [-0.3, -0.25) is 0 Å². The van der Waals surface area contributed by atoms with Gasteiger partial charge < -0.3 is 0 Å². The highest BCUT2D eigenvalue weighted by molar-refractivity contribution is 9.09. The molecular weight excluding hydrogens is 283 g/mol. The normalized spacial score (nSPS) is 29.0. The van der Waals surface area contributed by atoms with E-state index >= 15 is 0 Å². The van der Waals surface area contributed by atoms with E-state index in [0.29, 0.717) is 5.92 Å². The molecule has 0 amide bonds. The van der Waals surface area contributed by atoms with Crippen molar-refractivity contribution >= 4 is 39.1 Å². The zero-order valence-electron chi connectivity index (χ0n) is 8.91. The molecule has 0 radical (unpaired) electrons. The van der Waals surface area contributed by atoms with E-state index in [-0.39, 0.29) is 5.41 Å². The summed E-state index contributed by atoms with van der Waals surface area (Å²) in [5, 5.41) is 0.930. The predicted molar refractivity (Wildman–Crippen MR) is 68.5 cm³/mol. The molecule has 1 rings (SSSR count). The average molecular weight is 300 g/mol. The summed E-state index contributed by atoms with van der Waals surface area (Å²) in [6, 6.07) is 0. The second-order valence-electron chi connectivity index (χ2n) is 4.64. The first-order valence-corrected chi connectivity index (χ1v) is 6.81. The number of hydrogen-bond donors (Lipinski definition) is 0. The SMILES string of the molecule is CC(=CCBr)CCC1C(C)(C)C1(Cl)Cl. The van der Waals surface area contributed by atoms with E-state index in [2.05, 4.69) is 42.8 Å². The lowest BCUT2D eigenvalue weighted by Crippen LogP contribution is -1.96. The maximum absolute atomic E-state index is 6.20. The van der Waals surface area contributed by atoms with Crippen molar-refractivity contribution in [2.24, 2.45) is 11.3 Å². The van der Waals surface area contributed by atoms with Crippen LogP contribution in [-0.2, 0) is 0 Å². The molecule has 1 unspecified atom stereocenters. The Kier molecular flexibility index (Phi) is 4.00. The number of halogens is 3. The van der Waals surface area contributed by atoms with Crippen molar-refractivity contribution in [2.75, 3.05) is 5.33 Å². The van der Waals surface area contributed by atoms with Gasteiger partial charge in [0, 0.05) is 16.7 Å². The van der Waals surface area contributed by atoms with E-state index in [4.69, 9.17) is 23.2 Å². The molecule has 0 N–H and O–H groups in total. The second kappa shape index (κ2) is 4.35. The van der Waals surface area contributed by atoms with Crippen molar-refractivity contribution in [3.63, 3.8) is 0 Å². The Morgan fingerprint density at radius 3 is 2.29 bits per heavy atom. The Morgan fingerprint density at radius 2 is 1.93 bits per heavy atom. The molecule has 82 valence electrons. The Bertz CT molecular complexity index is 230. The third kappa shape index (κ3) is 2.31. The van der Waals surface area contributed by atoms with E-state index in [1.54, 1.807) is 0 Å². The molecule has 0 spiro atoms. The Hall–Kier alpha value is 0.800. The van der Waals surface area contributed by atoms with Gasteiger partial charge in [-0.15, -0.1) is 23.2 Å². The minimum absolute atomic E-state index is 0.0881. The standard InChI is InChI=1S/C11H17BrCl2/c1-8(6-7-12)4-5-9-10(2,3)11(9,13)14/h6,9H,4-5,7H2,1-3H3. The van der Waals surface area contributed by atoms with E-state index in [1.807, 2.05) is 0 Å². The summed E-state index contributed by atoms with van der Waals surface area (Å²) in [6.07, 6.45) is 4.38. The first-order chi connectivity index (χ1) is 6.34. The van der Waals surface area contributed by atoms with Crippen LogP contribution in [0.4, 0.5) is 0 Å². The van der Waals surface area contributed by atoms with Crippen LogP contribution in [0.15, 0.2) is 11.6 Å². The molecule has 0 heterocycles. The van der Waals surface area contributed by atoms with Gasteiger partial charge in [0.1, 0.15) is 4.33 Å². The van der Waals surface area contributed by atoms with Crippen LogP contribution in [0.2, 0.25) is 0 Å². The minimum atomic E-state index is -0.498. The third-order valence-electron chi connectivity index (χ3n) is 3.34. The van der Waals surface area contributed by atoms with Crippen LogP contribution in [0.1, 0.15) is 33.6 Å². The Balaban J connectivity index is 2.39. The molecule has 1 aliphatic rings. The molecule has 0 saturated heterocycles. The van der Waals surface area contributed by atoms with E-state index in [1.165, 1.54) is 5.57 Å². The molecule has 0 aliphatic heterocycles. The molecule has 1 fully saturated rings. The first kappa shape index (κ1) is 12.9. The van der Waals surface area contributed by atoms with Gasteiger partial charge in [-0.1, -0.05) is 41.4 Å². The van der Waals surface area contributed by atoms with Crippen LogP contribution in [0, 0.1) is 11.3 Å². The topological polar surface area (TPSA) is 0 Å². The molecule has 0 aromatic carbocycles. The van der Waals surface area contributed by atoms with Crippen LogP contribution in [0.3, 0.4) is 0 Å². The summed E-state index contributed by atoms with van der Waals surface area (Å²) in [5.41, 5.74) is 1.50. The van der Waals surface area contributed by atoms with Crippen molar-refractivity contribution in [1.29, 1.82) is 0 Å². The van der Waals surface area contributed by atoms with Gasteiger partial charge in [0.25, 0.3) is 0 Å². The number of alkyl halides is 3. The first-order valence-electron chi connectivity index (χ1n) is 4.93. The summed E-state index contributed by atoms with van der Waals surface area (Å²) in [5.74, 6) is 0.442. The minimum Gasteiger partial charge on any atom is -0.101 e. The number of hydrogen-bond acceptors (Lipinski definition) is 0. The van der Waals surface area contributed by atoms with Gasteiger partial charge >= 0.3 is 0 Å². The zero-order chi connectivity index (χ0) is 11.0. The van der Waals surface area contributed by atoms with Crippen molar-refractivity contribution < 1.29 is 0 Å². The summed E-state index contributed by atoms with van der Waals surface area (Å²) in [7, 11) is 0. The van der Waals surface area contributed by atoms with Crippen LogP contribution in [0.5, 0.6) is 0 Å². The molecule has 14 heavy (non-hydrogen) atoms. The van der Waals surface area contributed by atoms with Crippen molar-refractivity contribution in [3.05, 3.63) is 11.6 Å². The molecule has 0 bridgehead atoms. The molecule has 1 aliphatic carbocycles. The van der Waals surface area contributed by atoms with Gasteiger partial charge in [0.05, 0.1) is 0 Å². The van der Waals surface area contributed by atoms with Crippen LogP contribution in [0.25, 0.3) is 0 Å². The van der Waals surface area contributed by atoms with Gasteiger partial charge in [-0.25, -0.2) is 0 Å². The highest BCUT2D eigenvalue weighted by atomic mass is 79.9. The number of rotatable bonds is 4. The van der Waals surface area contributed by atoms with Crippen molar-refractivity contribution in [2.45, 2.75) is 37.9 Å². The van der Waals surface area contributed by atoms with Crippen molar-refractivity contribution in [1.82, 2.24) is 0 Å². The monoisotopic (exact) mass is 298 g/mol. The average Bonchev–Trinajstić information content (AvgIpc) is 2.41. The fourth-order valence-corrected chi connectivity index (χ4v) is 3.38. The second-order valence-corrected chi connectivity index (χ2v) is 6.67. The lowest BCUT2D eigenvalue weighted by Gasteiger charge is -2.01. The molecule has 1 atom stereocenters. The summed E-state index contributed by atoms with van der Waals surface area (Å²) in [6.45, 7) is 6.43. The fraction of sp³-hybridized carbons (Fsp3) is 0.818. The summed E-state index contributed by atoms with van der Waals surface area (Å²) < 4.78 is -0.498. The van der Waals surface area contributed by atoms with E-state index in [0.717, 1.165) is 18.2 Å². The van der Waals surface area contributed by atoms with Crippen LogP contribution < -0.4 is 0 Å². The summed E-state index contributed by atoms with van der Waals surface area (Å²) in [4.78, 5) is 0. The molecule has 3 heteroatoms. The largest absolute Gasteiger partial charge is 0.127 e. The van der Waals surface area contributed by atoms with Crippen LogP contribution >= 0.6 is 39.1 Å². The maximum atomic E-state index is 6.20. The number of allylic oxidation sites excluding steroid dienone is 2. The van der Waals surface area contributed by atoms with Gasteiger partial charge in [-0.2, -0.15) is 0 Å². The van der Waals surface area contributed by atoms with E-state index in [9.17, 15) is 0 Å². The third-order valence-corrected chi connectivity index (χ3v) is 5.16. The van der Waals surface area contributed by atoms with Crippen LogP contribution in [-0.4, -0.2) is 9.66 Å². The van der Waals surface area contributed by atoms with Crippen molar-refractivity contribution in [3.8, 4) is 0 Å². The summed E-state index contributed by atoms with van der Waals surface area (Å²) >= 11 is 15.8. The smallest absolute Gasteiger partial charge is 0.101 e. The van der Waals surface area contributed by atoms with Gasteiger partial charge in [0.15, 0.2) is 0 Å². The lowest BCUT2D eigenvalue weighted by atomic mass is 10.0. The molecule has 0 aromatic heterocycles. The molecule has 0 nitrogen and oxygen atoms in total. The highest BCUT2D eigenvalue weighted by Crippen LogP contribution is 2.70. The highest BCUT2D eigenvalue weighted by Gasteiger charge is 2.69.